The number of nitrogens with one attached hydrogen (secondary N) is 2. The van der Waals surface area contributed by atoms with Gasteiger partial charge in [0.05, 0.1) is 6.10 Å². The van der Waals surface area contributed by atoms with Crippen molar-refractivity contribution in [3.63, 3.8) is 0 Å². The number of amides is 2. The maximum absolute atomic E-state index is 11.9. The monoisotopic (exact) mass is 295 g/mol. The largest absolute Gasteiger partial charge is 0.378 e. The van der Waals surface area contributed by atoms with Crippen LogP contribution in [0.4, 0.5) is 10.5 Å². The number of aryl methyl sites for hydroxylation is 2. The first-order chi connectivity index (χ1) is 10.2. The van der Waals surface area contributed by atoms with Crippen LogP contribution < -0.4 is 10.6 Å². The third kappa shape index (κ3) is 4.74. The molecule has 0 unspecified atom stereocenters. The summed E-state index contributed by atoms with van der Waals surface area (Å²) in [5.41, 5.74) is 1.46. The van der Waals surface area contributed by atoms with Gasteiger partial charge in [-0.2, -0.15) is 0 Å². The van der Waals surface area contributed by atoms with Crippen LogP contribution in [0.15, 0.2) is 4.52 Å². The van der Waals surface area contributed by atoms with Crippen molar-refractivity contribution in [3.8, 4) is 0 Å². The van der Waals surface area contributed by atoms with Crippen molar-refractivity contribution in [2.24, 2.45) is 0 Å². The van der Waals surface area contributed by atoms with Gasteiger partial charge >= 0.3 is 6.03 Å². The molecule has 0 bridgehead atoms. The van der Waals surface area contributed by atoms with Crippen molar-refractivity contribution < 1.29 is 14.1 Å². The molecule has 1 saturated heterocycles. The smallest absolute Gasteiger partial charge is 0.319 e. The lowest BCUT2D eigenvalue weighted by Gasteiger charge is -2.22. The summed E-state index contributed by atoms with van der Waals surface area (Å²) in [4.78, 5) is 11.9. The lowest BCUT2D eigenvalue weighted by atomic mass is 10.0. The summed E-state index contributed by atoms with van der Waals surface area (Å²) in [5.74, 6) is 0.637. The van der Waals surface area contributed by atoms with Crippen molar-refractivity contribution in [2.45, 2.75) is 58.5 Å². The molecule has 118 valence electrons. The van der Waals surface area contributed by atoms with E-state index in [1.807, 2.05) is 6.92 Å². The highest BCUT2D eigenvalue weighted by atomic mass is 16.5. The van der Waals surface area contributed by atoms with Crippen LogP contribution in [0, 0.1) is 6.92 Å². The molecule has 1 aliphatic heterocycles. The van der Waals surface area contributed by atoms with E-state index in [1.165, 1.54) is 12.8 Å². The van der Waals surface area contributed by atoms with E-state index in [9.17, 15) is 4.79 Å². The van der Waals surface area contributed by atoms with Gasteiger partial charge in [0.1, 0.15) is 11.4 Å². The number of carbonyl (C=O) groups excluding carboxylic acids is 1. The number of ether oxygens (including phenoxy) is 1. The van der Waals surface area contributed by atoms with Gasteiger partial charge < -0.3 is 19.9 Å². The number of anilines is 1. The van der Waals surface area contributed by atoms with Crippen molar-refractivity contribution in [3.05, 3.63) is 11.5 Å². The minimum atomic E-state index is -0.208. The van der Waals surface area contributed by atoms with Crippen molar-refractivity contribution in [1.82, 2.24) is 10.5 Å². The maximum atomic E-state index is 11.9. The fourth-order valence-corrected chi connectivity index (χ4v) is 2.54. The van der Waals surface area contributed by atoms with Gasteiger partial charge in [0, 0.05) is 13.2 Å². The number of urea groups is 1. The quantitative estimate of drug-likeness (QED) is 0.791. The molecule has 2 amide bonds. The summed E-state index contributed by atoms with van der Waals surface area (Å²) in [6.45, 7) is 5.30. The van der Waals surface area contributed by atoms with Crippen LogP contribution in [0.3, 0.4) is 0 Å². The van der Waals surface area contributed by atoms with Gasteiger partial charge in [0.2, 0.25) is 0 Å². The standard InChI is InChI=1S/C15H25N3O3/c1-3-13-14(11(2)21-18-13)17-15(19)16-9-6-8-12-7-4-5-10-20-12/h12H,3-10H2,1-2H3,(H2,16,17,19)/t12-/m1/s1. The molecule has 1 fully saturated rings. The number of rotatable bonds is 6. The van der Waals surface area contributed by atoms with Crippen LogP contribution in [0.25, 0.3) is 0 Å². The number of hydrogen-bond acceptors (Lipinski definition) is 4. The van der Waals surface area contributed by atoms with Gasteiger partial charge in [-0.1, -0.05) is 12.1 Å². The summed E-state index contributed by atoms with van der Waals surface area (Å²) in [5, 5.41) is 9.59. The highest BCUT2D eigenvalue weighted by Crippen LogP contribution is 2.20. The second-order valence-corrected chi connectivity index (χ2v) is 5.43. The second-order valence-electron chi connectivity index (χ2n) is 5.43. The van der Waals surface area contributed by atoms with E-state index in [1.54, 1.807) is 6.92 Å². The summed E-state index contributed by atoms with van der Waals surface area (Å²) in [7, 11) is 0. The molecule has 1 aromatic heterocycles. The Morgan fingerprint density at radius 3 is 3.00 bits per heavy atom. The van der Waals surface area contributed by atoms with Gasteiger partial charge in [-0.25, -0.2) is 4.79 Å². The summed E-state index contributed by atoms with van der Waals surface area (Å²) in [6.07, 6.45) is 6.61. The van der Waals surface area contributed by atoms with Crippen molar-refractivity contribution in [2.75, 3.05) is 18.5 Å². The van der Waals surface area contributed by atoms with E-state index in [2.05, 4.69) is 15.8 Å². The van der Waals surface area contributed by atoms with Gasteiger partial charge in [-0.05, 0) is 45.4 Å². The molecule has 21 heavy (non-hydrogen) atoms. The van der Waals surface area contributed by atoms with Crippen molar-refractivity contribution >= 4 is 11.7 Å². The van der Waals surface area contributed by atoms with E-state index in [-0.39, 0.29) is 6.03 Å². The normalized spacial score (nSPS) is 18.5. The molecular formula is C15H25N3O3. The van der Waals surface area contributed by atoms with Crippen molar-refractivity contribution in [1.29, 1.82) is 0 Å². The fraction of sp³-hybridized carbons (Fsp3) is 0.733. The lowest BCUT2D eigenvalue weighted by molar-refractivity contribution is 0.0103. The average Bonchev–Trinajstić information content (AvgIpc) is 2.85. The number of aromatic nitrogens is 1. The maximum Gasteiger partial charge on any atom is 0.319 e. The molecule has 6 heteroatoms. The minimum Gasteiger partial charge on any atom is -0.378 e. The zero-order valence-corrected chi connectivity index (χ0v) is 12.9. The molecule has 0 radical (unpaired) electrons. The molecular weight excluding hydrogens is 270 g/mol. The molecule has 2 heterocycles. The van der Waals surface area contributed by atoms with Gasteiger partial charge in [-0.3, -0.25) is 0 Å². The Hall–Kier alpha value is -1.56. The van der Waals surface area contributed by atoms with E-state index >= 15 is 0 Å². The molecule has 0 aliphatic carbocycles. The van der Waals surface area contributed by atoms with Crippen LogP contribution in [0.1, 0.15) is 50.5 Å². The van der Waals surface area contributed by atoms with Crippen LogP contribution in [-0.2, 0) is 11.2 Å². The zero-order valence-electron chi connectivity index (χ0n) is 12.9. The Morgan fingerprint density at radius 2 is 2.29 bits per heavy atom. The number of nitrogens with zero attached hydrogens (tertiary/aromatic N) is 1. The number of hydrogen-bond donors (Lipinski definition) is 2. The first-order valence-electron chi connectivity index (χ1n) is 7.82. The topological polar surface area (TPSA) is 76.4 Å². The first kappa shape index (κ1) is 15.8. The Morgan fingerprint density at radius 1 is 1.43 bits per heavy atom. The molecule has 2 rings (SSSR count). The number of carbonyl (C=O) groups is 1. The molecule has 1 aromatic rings. The molecule has 0 aromatic carbocycles. The minimum absolute atomic E-state index is 0.208. The molecule has 0 spiro atoms. The predicted molar refractivity (Wildman–Crippen MR) is 80.5 cm³/mol. The second kappa shape index (κ2) is 8.02. The molecule has 1 aliphatic rings. The third-order valence-corrected chi connectivity index (χ3v) is 3.77. The Bertz CT molecular complexity index is 453. The molecule has 6 nitrogen and oxygen atoms in total. The summed E-state index contributed by atoms with van der Waals surface area (Å²) < 4.78 is 10.8. The van der Waals surface area contributed by atoms with Gasteiger partial charge in [0.25, 0.3) is 0 Å². The van der Waals surface area contributed by atoms with Gasteiger partial charge in [-0.15, -0.1) is 0 Å². The van der Waals surface area contributed by atoms with Crippen LogP contribution in [0.5, 0.6) is 0 Å². The third-order valence-electron chi connectivity index (χ3n) is 3.77. The SMILES string of the molecule is CCc1noc(C)c1NC(=O)NCCC[C@H]1CCCCO1. The van der Waals surface area contributed by atoms with E-state index in [0.717, 1.165) is 38.0 Å². The lowest BCUT2D eigenvalue weighted by Crippen LogP contribution is -2.30. The first-order valence-corrected chi connectivity index (χ1v) is 7.82. The summed E-state index contributed by atoms with van der Waals surface area (Å²) >= 11 is 0. The highest BCUT2D eigenvalue weighted by molar-refractivity contribution is 5.90. The van der Waals surface area contributed by atoms with Crippen LogP contribution >= 0.6 is 0 Å². The fourth-order valence-electron chi connectivity index (χ4n) is 2.54. The van der Waals surface area contributed by atoms with E-state index in [0.29, 0.717) is 24.1 Å². The van der Waals surface area contributed by atoms with Gasteiger partial charge in [0.15, 0.2) is 5.76 Å². The highest BCUT2D eigenvalue weighted by Gasteiger charge is 2.15. The average molecular weight is 295 g/mol. The molecule has 2 N–H and O–H groups in total. The Balaban J connectivity index is 1.66. The van der Waals surface area contributed by atoms with Crippen LogP contribution in [0.2, 0.25) is 0 Å². The van der Waals surface area contributed by atoms with Crippen LogP contribution in [-0.4, -0.2) is 30.4 Å². The zero-order chi connectivity index (χ0) is 15.1. The van der Waals surface area contributed by atoms with E-state index in [4.69, 9.17) is 9.26 Å². The summed E-state index contributed by atoms with van der Waals surface area (Å²) in [6, 6.07) is -0.208. The predicted octanol–water partition coefficient (Wildman–Crippen LogP) is 3.02. The Kier molecular flexibility index (Phi) is 6.04. The molecule has 1 atom stereocenters. The van der Waals surface area contributed by atoms with E-state index < -0.39 is 0 Å². The molecule has 0 saturated carbocycles. The Labute approximate surface area is 125 Å².